The lowest BCUT2D eigenvalue weighted by Crippen LogP contribution is -2.33. The number of aliphatic imine (C=N–C) groups is 1. The van der Waals surface area contributed by atoms with Gasteiger partial charge in [0.05, 0.1) is 13.7 Å². The molecule has 18 heavy (non-hydrogen) atoms. The van der Waals surface area contributed by atoms with Crippen LogP contribution in [0, 0.1) is 0 Å². The Bertz CT molecular complexity index is 506. The van der Waals surface area contributed by atoms with Crippen molar-refractivity contribution >= 4 is 17.3 Å². The van der Waals surface area contributed by atoms with Gasteiger partial charge in [-0.1, -0.05) is 5.16 Å². The van der Waals surface area contributed by atoms with Crippen molar-refractivity contribution in [3.63, 3.8) is 0 Å². The Morgan fingerprint density at radius 1 is 1.44 bits per heavy atom. The standard InChI is InChI=1S/C12H13N3O3/c1-18-9-4-2-8(3-5-9)11(16)10(15-17)12-13-6-7-14-12/h2-5,17H,6-7H2,1H3,(H,13,14)/b15-10-. The molecule has 2 rings (SSSR count). The van der Waals surface area contributed by atoms with Crippen molar-refractivity contribution in [2.75, 3.05) is 20.2 Å². The van der Waals surface area contributed by atoms with E-state index in [0.717, 1.165) is 0 Å². The maximum Gasteiger partial charge on any atom is 0.218 e. The number of carbonyl (C=O) groups is 1. The first-order valence-electron chi connectivity index (χ1n) is 5.45. The van der Waals surface area contributed by atoms with Crippen molar-refractivity contribution < 1.29 is 14.7 Å². The molecule has 1 aliphatic rings. The van der Waals surface area contributed by atoms with Crippen LogP contribution in [0.25, 0.3) is 0 Å². The molecule has 0 radical (unpaired) electrons. The summed E-state index contributed by atoms with van der Waals surface area (Å²) >= 11 is 0. The summed E-state index contributed by atoms with van der Waals surface area (Å²) in [5.41, 5.74) is 0.345. The molecule has 0 unspecified atom stereocenters. The normalized spacial score (nSPS) is 14.9. The second-order valence-corrected chi connectivity index (χ2v) is 3.66. The second-order valence-electron chi connectivity index (χ2n) is 3.66. The van der Waals surface area contributed by atoms with Gasteiger partial charge in [0.2, 0.25) is 5.78 Å². The lowest BCUT2D eigenvalue weighted by molar-refractivity contribution is 0.106. The molecule has 1 heterocycles. The van der Waals surface area contributed by atoms with E-state index in [0.29, 0.717) is 30.2 Å². The van der Waals surface area contributed by atoms with Gasteiger partial charge in [-0.15, -0.1) is 0 Å². The Labute approximate surface area is 104 Å². The van der Waals surface area contributed by atoms with E-state index in [2.05, 4.69) is 15.5 Å². The van der Waals surface area contributed by atoms with Crippen LogP contribution in [0.4, 0.5) is 0 Å². The number of amidine groups is 1. The average Bonchev–Trinajstić information content (AvgIpc) is 2.93. The molecular weight excluding hydrogens is 234 g/mol. The molecule has 1 aromatic carbocycles. The van der Waals surface area contributed by atoms with Crippen molar-refractivity contribution in [2.24, 2.45) is 10.1 Å². The molecule has 0 aromatic heterocycles. The highest BCUT2D eigenvalue weighted by Gasteiger charge is 2.22. The van der Waals surface area contributed by atoms with Crippen LogP contribution in [-0.4, -0.2) is 42.7 Å². The third-order valence-corrected chi connectivity index (χ3v) is 2.57. The van der Waals surface area contributed by atoms with Gasteiger partial charge >= 0.3 is 0 Å². The molecule has 0 saturated heterocycles. The van der Waals surface area contributed by atoms with Crippen molar-refractivity contribution in [3.05, 3.63) is 29.8 Å². The highest BCUT2D eigenvalue weighted by molar-refractivity contribution is 6.69. The van der Waals surface area contributed by atoms with Crippen LogP contribution in [0.5, 0.6) is 5.75 Å². The van der Waals surface area contributed by atoms with E-state index < -0.39 is 0 Å². The van der Waals surface area contributed by atoms with Gasteiger partial charge in [0.15, 0.2) is 11.5 Å². The summed E-state index contributed by atoms with van der Waals surface area (Å²) in [7, 11) is 1.55. The minimum atomic E-state index is -0.381. The van der Waals surface area contributed by atoms with E-state index in [1.165, 1.54) is 0 Å². The minimum Gasteiger partial charge on any atom is -0.497 e. The molecule has 0 fully saturated rings. The summed E-state index contributed by atoms with van der Waals surface area (Å²) in [6.07, 6.45) is 0. The van der Waals surface area contributed by atoms with E-state index in [4.69, 9.17) is 9.94 Å². The van der Waals surface area contributed by atoms with Gasteiger partial charge in [-0.25, -0.2) is 0 Å². The van der Waals surface area contributed by atoms with E-state index in [9.17, 15) is 4.79 Å². The smallest absolute Gasteiger partial charge is 0.218 e. The Balaban J connectivity index is 2.23. The molecule has 0 saturated carbocycles. The highest BCUT2D eigenvalue weighted by Crippen LogP contribution is 2.12. The molecule has 0 aliphatic carbocycles. The van der Waals surface area contributed by atoms with Crippen LogP contribution in [-0.2, 0) is 0 Å². The molecule has 6 heteroatoms. The Morgan fingerprint density at radius 3 is 2.67 bits per heavy atom. The highest BCUT2D eigenvalue weighted by atomic mass is 16.5. The largest absolute Gasteiger partial charge is 0.497 e. The Kier molecular flexibility index (Phi) is 3.57. The molecule has 0 atom stereocenters. The number of benzene rings is 1. The topological polar surface area (TPSA) is 83.3 Å². The number of hydrogen-bond acceptors (Lipinski definition) is 6. The van der Waals surface area contributed by atoms with Crippen molar-refractivity contribution in [1.29, 1.82) is 0 Å². The molecule has 0 bridgehead atoms. The van der Waals surface area contributed by atoms with Crippen LogP contribution in [0.2, 0.25) is 0 Å². The molecule has 0 amide bonds. The molecule has 2 N–H and O–H groups in total. The quantitative estimate of drug-likeness (QED) is 0.355. The second kappa shape index (κ2) is 5.31. The number of oxime groups is 1. The van der Waals surface area contributed by atoms with Crippen LogP contribution < -0.4 is 10.1 Å². The van der Waals surface area contributed by atoms with Crippen LogP contribution in [0.1, 0.15) is 10.4 Å². The maximum absolute atomic E-state index is 12.1. The zero-order chi connectivity index (χ0) is 13.0. The summed E-state index contributed by atoms with van der Waals surface area (Å²) in [6.45, 7) is 1.22. The summed E-state index contributed by atoms with van der Waals surface area (Å²) < 4.78 is 5.01. The number of ketones is 1. The molecule has 1 aromatic rings. The van der Waals surface area contributed by atoms with Gasteiger partial charge < -0.3 is 15.3 Å². The number of carbonyl (C=O) groups excluding carboxylic acids is 1. The van der Waals surface area contributed by atoms with Crippen LogP contribution >= 0.6 is 0 Å². The van der Waals surface area contributed by atoms with Crippen molar-refractivity contribution in [1.82, 2.24) is 5.32 Å². The van der Waals surface area contributed by atoms with E-state index >= 15 is 0 Å². The van der Waals surface area contributed by atoms with Crippen molar-refractivity contribution in [3.8, 4) is 5.75 Å². The van der Waals surface area contributed by atoms with Gasteiger partial charge in [0.1, 0.15) is 5.75 Å². The number of rotatable bonds is 4. The predicted octanol–water partition coefficient (Wildman–Crippen LogP) is 0.710. The summed E-state index contributed by atoms with van der Waals surface area (Å²) in [4.78, 5) is 16.2. The Hall–Kier alpha value is -2.37. The lowest BCUT2D eigenvalue weighted by Gasteiger charge is -2.05. The van der Waals surface area contributed by atoms with Gasteiger partial charge in [-0.2, -0.15) is 0 Å². The first-order chi connectivity index (χ1) is 8.76. The molecular formula is C12H13N3O3. The number of nitrogens with one attached hydrogen (secondary N) is 1. The van der Waals surface area contributed by atoms with Gasteiger partial charge in [0, 0.05) is 12.1 Å². The average molecular weight is 247 g/mol. The molecule has 1 aliphatic heterocycles. The van der Waals surface area contributed by atoms with Gasteiger partial charge in [-0.3, -0.25) is 9.79 Å². The van der Waals surface area contributed by atoms with Crippen LogP contribution in [0.3, 0.4) is 0 Å². The number of ether oxygens (including phenoxy) is 1. The number of hydrogen-bond donors (Lipinski definition) is 2. The minimum absolute atomic E-state index is 0.0716. The van der Waals surface area contributed by atoms with E-state index in [1.54, 1.807) is 31.4 Å². The number of Topliss-reactive ketones (excluding diaryl/α,β-unsaturated/α-hetero) is 1. The molecule has 0 spiro atoms. The molecule has 94 valence electrons. The van der Waals surface area contributed by atoms with E-state index in [1.807, 2.05) is 0 Å². The van der Waals surface area contributed by atoms with Crippen LogP contribution in [0.15, 0.2) is 34.4 Å². The summed E-state index contributed by atoms with van der Waals surface area (Å²) in [5.74, 6) is 0.608. The summed E-state index contributed by atoms with van der Waals surface area (Å²) in [6, 6.07) is 6.57. The number of nitrogens with zero attached hydrogens (tertiary/aromatic N) is 2. The Morgan fingerprint density at radius 2 is 2.17 bits per heavy atom. The van der Waals surface area contributed by atoms with Gasteiger partial charge in [-0.05, 0) is 24.3 Å². The predicted molar refractivity (Wildman–Crippen MR) is 66.9 cm³/mol. The third kappa shape index (κ3) is 2.32. The third-order valence-electron chi connectivity index (χ3n) is 2.57. The monoisotopic (exact) mass is 247 g/mol. The molecule has 6 nitrogen and oxygen atoms in total. The van der Waals surface area contributed by atoms with E-state index in [-0.39, 0.29) is 11.5 Å². The summed E-state index contributed by atoms with van der Waals surface area (Å²) in [5, 5.41) is 14.9. The first-order valence-corrected chi connectivity index (χ1v) is 5.45. The zero-order valence-electron chi connectivity index (χ0n) is 9.88. The number of methoxy groups -OCH3 is 1. The fourth-order valence-corrected chi connectivity index (χ4v) is 1.64. The van der Waals surface area contributed by atoms with Gasteiger partial charge in [0.25, 0.3) is 0 Å². The SMILES string of the molecule is COc1ccc(C(=O)/C(=N/O)C2=NCCN2)cc1. The fraction of sp³-hybridized carbons (Fsp3) is 0.250. The lowest BCUT2D eigenvalue weighted by atomic mass is 10.1. The van der Waals surface area contributed by atoms with Crippen molar-refractivity contribution in [2.45, 2.75) is 0 Å². The first kappa shape index (κ1) is 12.1. The maximum atomic E-state index is 12.1. The fourth-order valence-electron chi connectivity index (χ4n) is 1.64. The zero-order valence-corrected chi connectivity index (χ0v) is 9.88.